The summed E-state index contributed by atoms with van der Waals surface area (Å²) in [6, 6.07) is 0. The molecule has 0 fully saturated rings. The smallest absolute Gasteiger partial charge is 0.0889 e. The van der Waals surface area contributed by atoms with Crippen LogP contribution in [0.3, 0.4) is 0 Å². The van der Waals surface area contributed by atoms with Crippen LogP contribution in [0.4, 0.5) is 0 Å². The molecule has 0 aliphatic heterocycles. The molecular formula is C10H18O. The Hall–Kier alpha value is -0.720. The SMILES string of the molecule is C/C=C\CC/C=C(\C)OCC. The molecule has 0 aromatic carbocycles. The lowest BCUT2D eigenvalue weighted by molar-refractivity contribution is 0.230. The van der Waals surface area contributed by atoms with Crippen LogP contribution in [0.1, 0.15) is 33.6 Å². The Kier molecular flexibility index (Phi) is 6.90. The Morgan fingerprint density at radius 2 is 2.09 bits per heavy atom. The minimum absolute atomic E-state index is 0.770. The van der Waals surface area contributed by atoms with Gasteiger partial charge in [0.2, 0.25) is 0 Å². The monoisotopic (exact) mass is 154 g/mol. The Labute approximate surface area is 69.8 Å². The highest BCUT2D eigenvalue weighted by atomic mass is 16.5. The van der Waals surface area contributed by atoms with Gasteiger partial charge < -0.3 is 4.74 Å². The van der Waals surface area contributed by atoms with Gasteiger partial charge in [0.05, 0.1) is 12.4 Å². The molecule has 0 atom stereocenters. The normalized spacial score (nSPS) is 12.5. The second kappa shape index (κ2) is 7.39. The van der Waals surface area contributed by atoms with E-state index in [1.165, 1.54) is 0 Å². The molecule has 0 aromatic heterocycles. The maximum absolute atomic E-state index is 5.26. The highest BCUT2D eigenvalue weighted by Crippen LogP contribution is 2.00. The van der Waals surface area contributed by atoms with Crippen molar-refractivity contribution in [3.8, 4) is 0 Å². The second-order valence-corrected chi connectivity index (χ2v) is 2.39. The van der Waals surface area contributed by atoms with E-state index in [2.05, 4.69) is 18.2 Å². The van der Waals surface area contributed by atoms with Crippen LogP contribution < -0.4 is 0 Å². The Balaban J connectivity index is 3.39. The molecule has 0 rings (SSSR count). The first kappa shape index (κ1) is 10.3. The maximum Gasteiger partial charge on any atom is 0.0889 e. The van der Waals surface area contributed by atoms with Gasteiger partial charge in [0.25, 0.3) is 0 Å². The van der Waals surface area contributed by atoms with E-state index in [9.17, 15) is 0 Å². The van der Waals surface area contributed by atoms with Gasteiger partial charge in [-0.3, -0.25) is 0 Å². The van der Waals surface area contributed by atoms with Gasteiger partial charge in [0.1, 0.15) is 0 Å². The third-order valence-electron chi connectivity index (χ3n) is 1.37. The maximum atomic E-state index is 5.26. The highest BCUT2D eigenvalue weighted by Gasteiger charge is 1.84. The van der Waals surface area contributed by atoms with Crippen LogP contribution in [0.5, 0.6) is 0 Å². The summed E-state index contributed by atoms with van der Waals surface area (Å²) in [5, 5.41) is 0. The van der Waals surface area contributed by atoms with E-state index in [0.29, 0.717) is 0 Å². The summed E-state index contributed by atoms with van der Waals surface area (Å²) >= 11 is 0. The molecule has 0 aliphatic rings. The van der Waals surface area contributed by atoms with Crippen molar-refractivity contribution in [2.24, 2.45) is 0 Å². The molecule has 0 spiro atoms. The van der Waals surface area contributed by atoms with Crippen LogP contribution in [0.25, 0.3) is 0 Å². The van der Waals surface area contributed by atoms with Gasteiger partial charge in [-0.25, -0.2) is 0 Å². The molecule has 0 heterocycles. The van der Waals surface area contributed by atoms with Crippen molar-refractivity contribution < 1.29 is 4.74 Å². The second-order valence-electron chi connectivity index (χ2n) is 2.39. The molecule has 0 amide bonds. The molecule has 0 bridgehead atoms. The van der Waals surface area contributed by atoms with E-state index in [0.717, 1.165) is 25.2 Å². The van der Waals surface area contributed by atoms with Crippen molar-refractivity contribution in [1.29, 1.82) is 0 Å². The Bertz CT molecular complexity index is 134. The Morgan fingerprint density at radius 1 is 1.36 bits per heavy atom. The third kappa shape index (κ3) is 7.17. The number of hydrogen-bond donors (Lipinski definition) is 0. The average molecular weight is 154 g/mol. The number of allylic oxidation sites excluding steroid dienone is 4. The lowest BCUT2D eigenvalue weighted by Gasteiger charge is -2.00. The minimum atomic E-state index is 0.770. The fraction of sp³-hybridized carbons (Fsp3) is 0.600. The van der Waals surface area contributed by atoms with Crippen LogP contribution in [0.2, 0.25) is 0 Å². The zero-order valence-electron chi connectivity index (χ0n) is 7.76. The van der Waals surface area contributed by atoms with E-state index in [1.807, 2.05) is 20.8 Å². The summed E-state index contributed by atoms with van der Waals surface area (Å²) in [4.78, 5) is 0. The number of unbranched alkanes of at least 4 members (excludes halogenated alkanes) is 1. The minimum Gasteiger partial charge on any atom is -0.499 e. The van der Waals surface area contributed by atoms with Crippen molar-refractivity contribution in [2.75, 3.05) is 6.61 Å². The number of rotatable bonds is 5. The predicted octanol–water partition coefficient (Wildman–Crippen LogP) is 3.28. The van der Waals surface area contributed by atoms with E-state index >= 15 is 0 Å². The molecule has 1 heteroatoms. The van der Waals surface area contributed by atoms with E-state index in [-0.39, 0.29) is 0 Å². The van der Waals surface area contributed by atoms with Crippen LogP contribution in [0.15, 0.2) is 24.0 Å². The topological polar surface area (TPSA) is 9.23 Å². The summed E-state index contributed by atoms with van der Waals surface area (Å²) < 4.78 is 5.26. The number of hydrogen-bond acceptors (Lipinski definition) is 1. The first-order chi connectivity index (χ1) is 5.31. The molecule has 0 saturated heterocycles. The lowest BCUT2D eigenvalue weighted by atomic mass is 10.2. The molecule has 0 aromatic rings. The van der Waals surface area contributed by atoms with Gasteiger partial charge in [-0.2, -0.15) is 0 Å². The van der Waals surface area contributed by atoms with Gasteiger partial charge in [0.15, 0.2) is 0 Å². The van der Waals surface area contributed by atoms with Crippen LogP contribution in [0, 0.1) is 0 Å². The highest BCUT2D eigenvalue weighted by molar-refractivity contribution is 4.90. The Morgan fingerprint density at radius 3 is 2.64 bits per heavy atom. The van der Waals surface area contributed by atoms with Gasteiger partial charge >= 0.3 is 0 Å². The first-order valence-electron chi connectivity index (χ1n) is 4.22. The first-order valence-corrected chi connectivity index (χ1v) is 4.22. The fourth-order valence-electron chi connectivity index (χ4n) is 0.836. The summed E-state index contributed by atoms with van der Waals surface area (Å²) in [6.45, 7) is 6.81. The van der Waals surface area contributed by atoms with E-state index < -0.39 is 0 Å². The van der Waals surface area contributed by atoms with E-state index in [4.69, 9.17) is 4.74 Å². The number of ether oxygens (including phenoxy) is 1. The molecule has 0 unspecified atom stereocenters. The van der Waals surface area contributed by atoms with Crippen molar-refractivity contribution >= 4 is 0 Å². The standard InChI is InChI=1S/C10H18O/c1-4-6-7-8-9-10(3)11-5-2/h4,6,9H,5,7-8H2,1-3H3/b6-4-,10-9+. The van der Waals surface area contributed by atoms with Gasteiger partial charge in [-0.15, -0.1) is 0 Å². The molecule has 0 radical (unpaired) electrons. The molecule has 11 heavy (non-hydrogen) atoms. The predicted molar refractivity (Wildman–Crippen MR) is 49.4 cm³/mol. The molecule has 1 nitrogen and oxygen atoms in total. The van der Waals surface area contributed by atoms with Crippen molar-refractivity contribution in [3.05, 3.63) is 24.0 Å². The zero-order valence-corrected chi connectivity index (χ0v) is 7.76. The summed E-state index contributed by atoms with van der Waals surface area (Å²) in [5.41, 5.74) is 0. The fourth-order valence-corrected chi connectivity index (χ4v) is 0.836. The summed E-state index contributed by atoms with van der Waals surface area (Å²) in [5.74, 6) is 1.04. The third-order valence-corrected chi connectivity index (χ3v) is 1.37. The van der Waals surface area contributed by atoms with Crippen molar-refractivity contribution in [3.63, 3.8) is 0 Å². The summed E-state index contributed by atoms with van der Waals surface area (Å²) in [7, 11) is 0. The molecule has 64 valence electrons. The molecule has 0 N–H and O–H groups in total. The van der Waals surface area contributed by atoms with Crippen molar-refractivity contribution in [1.82, 2.24) is 0 Å². The van der Waals surface area contributed by atoms with Gasteiger partial charge in [-0.1, -0.05) is 12.2 Å². The molecule has 0 aliphatic carbocycles. The summed E-state index contributed by atoms with van der Waals surface area (Å²) in [6.07, 6.45) is 8.56. The van der Waals surface area contributed by atoms with Crippen molar-refractivity contribution in [2.45, 2.75) is 33.6 Å². The van der Waals surface area contributed by atoms with Crippen LogP contribution in [-0.2, 0) is 4.74 Å². The molecular weight excluding hydrogens is 136 g/mol. The van der Waals surface area contributed by atoms with Crippen LogP contribution >= 0.6 is 0 Å². The molecule has 0 saturated carbocycles. The van der Waals surface area contributed by atoms with Gasteiger partial charge in [0, 0.05) is 0 Å². The quantitative estimate of drug-likeness (QED) is 0.335. The zero-order chi connectivity index (χ0) is 8.53. The van der Waals surface area contributed by atoms with Crippen LogP contribution in [-0.4, -0.2) is 6.61 Å². The van der Waals surface area contributed by atoms with E-state index in [1.54, 1.807) is 0 Å². The average Bonchev–Trinajstić information content (AvgIpc) is 1.99. The lowest BCUT2D eigenvalue weighted by Crippen LogP contribution is -1.85. The largest absolute Gasteiger partial charge is 0.499 e. The van der Waals surface area contributed by atoms with Gasteiger partial charge in [-0.05, 0) is 39.7 Å².